The molecular weight excluding hydrogens is 589 g/mol. The standard InChI is InChI=1S/C34H35F7O3/c1-2-3-4-5-20-18-42-33(43-19-20)23-9-13-27(29(36)15-23)22-8-12-26(28(35)14-22)21-6-10-24(11-7-21)34(40,41)44-25-16-30(37)32(39)31(38)17-25/h8-9,12-17,20-21,24,33H,2-7,10-11,18-19H2,1H3. The van der Waals surface area contributed by atoms with E-state index in [0.717, 1.165) is 25.7 Å². The van der Waals surface area contributed by atoms with Gasteiger partial charge < -0.3 is 14.2 Å². The van der Waals surface area contributed by atoms with Crippen molar-refractivity contribution in [2.45, 2.75) is 76.6 Å². The lowest BCUT2D eigenvalue weighted by atomic mass is 9.77. The lowest BCUT2D eigenvalue weighted by Crippen LogP contribution is -2.37. The second-order valence-electron chi connectivity index (χ2n) is 11.7. The molecule has 0 N–H and O–H groups in total. The summed E-state index contributed by atoms with van der Waals surface area (Å²) >= 11 is 0. The first-order chi connectivity index (χ1) is 21.1. The first kappa shape index (κ1) is 32.3. The van der Waals surface area contributed by atoms with Gasteiger partial charge in [-0.05, 0) is 61.3 Å². The largest absolute Gasteiger partial charge is 0.432 e. The average molecular weight is 625 g/mol. The van der Waals surface area contributed by atoms with Gasteiger partial charge in [-0.15, -0.1) is 0 Å². The molecular formula is C34H35F7O3. The molecule has 2 aliphatic rings. The van der Waals surface area contributed by atoms with E-state index in [1.54, 1.807) is 24.3 Å². The number of unbranched alkanes of at least 4 members (excludes halogenated alkanes) is 2. The maximum atomic E-state index is 15.3. The zero-order chi connectivity index (χ0) is 31.4. The van der Waals surface area contributed by atoms with Crippen LogP contribution in [0.1, 0.15) is 81.6 Å². The number of ether oxygens (including phenoxy) is 3. The Labute approximate surface area is 252 Å². The highest BCUT2D eigenvalue weighted by atomic mass is 19.3. The Kier molecular flexibility index (Phi) is 10.2. The minimum Gasteiger partial charge on any atom is -0.432 e. The third-order valence-corrected chi connectivity index (χ3v) is 8.61. The molecule has 0 bridgehead atoms. The fourth-order valence-electron chi connectivity index (χ4n) is 6.10. The normalized spacial score (nSPS) is 22.6. The van der Waals surface area contributed by atoms with Crippen molar-refractivity contribution in [2.24, 2.45) is 11.8 Å². The van der Waals surface area contributed by atoms with Crippen LogP contribution in [0.4, 0.5) is 30.7 Å². The Balaban J connectivity index is 1.18. The van der Waals surface area contributed by atoms with E-state index in [1.807, 2.05) is 0 Å². The van der Waals surface area contributed by atoms with Crippen LogP contribution in [0.2, 0.25) is 0 Å². The molecule has 1 saturated carbocycles. The topological polar surface area (TPSA) is 27.7 Å². The van der Waals surface area contributed by atoms with Crippen molar-refractivity contribution in [2.75, 3.05) is 13.2 Å². The maximum Gasteiger partial charge on any atom is 0.400 e. The molecule has 0 unspecified atom stereocenters. The molecule has 0 spiro atoms. The summed E-state index contributed by atoms with van der Waals surface area (Å²) in [5, 5.41) is 0. The van der Waals surface area contributed by atoms with E-state index in [0.29, 0.717) is 48.0 Å². The number of benzene rings is 3. The Morgan fingerprint density at radius 2 is 1.45 bits per heavy atom. The molecule has 3 aromatic carbocycles. The molecule has 3 nitrogen and oxygen atoms in total. The van der Waals surface area contributed by atoms with Crippen molar-refractivity contribution >= 4 is 0 Å². The van der Waals surface area contributed by atoms with Crippen molar-refractivity contribution in [3.05, 3.63) is 88.7 Å². The highest BCUT2D eigenvalue weighted by Crippen LogP contribution is 2.44. The Morgan fingerprint density at radius 1 is 0.773 bits per heavy atom. The van der Waals surface area contributed by atoms with E-state index in [-0.39, 0.29) is 37.2 Å². The molecule has 0 atom stereocenters. The molecule has 1 aliphatic heterocycles. The van der Waals surface area contributed by atoms with Crippen LogP contribution < -0.4 is 4.74 Å². The quantitative estimate of drug-likeness (QED) is 0.128. The molecule has 44 heavy (non-hydrogen) atoms. The van der Waals surface area contributed by atoms with E-state index < -0.39 is 53.2 Å². The van der Waals surface area contributed by atoms with E-state index in [9.17, 15) is 22.0 Å². The highest BCUT2D eigenvalue weighted by molar-refractivity contribution is 5.65. The SMILES string of the molecule is CCCCCC1COC(c2ccc(-c3ccc(C4CCC(C(F)(F)Oc5cc(F)c(F)c(F)c5)CC4)c(F)c3)c(F)c2)OC1. The van der Waals surface area contributed by atoms with E-state index >= 15 is 8.78 Å². The van der Waals surface area contributed by atoms with Crippen LogP contribution >= 0.6 is 0 Å². The maximum absolute atomic E-state index is 15.3. The molecule has 1 saturated heterocycles. The van der Waals surface area contributed by atoms with Crippen LogP contribution in [-0.2, 0) is 9.47 Å². The van der Waals surface area contributed by atoms with Gasteiger partial charge in [0.05, 0.1) is 19.1 Å². The molecule has 1 heterocycles. The first-order valence-electron chi connectivity index (χ1n) is 15.1. The number of halogens is 7. The van der Waals surface area contributed by atoms with Crippen LogP contribution in [0.3, 0.4) is 0 Å². The Bertz CT molecular complexity index is 1410. The van der Waals surface area contributed by atoms with Crippen LogP contribution in [-0.4, -0.2) is 19.3 Å². The van der Waals surface area contributed by atoms with Crippen molar-refractivity contribution in [1.29, 1.82) is 0 Å². The van der Waals surface area contributed by atoms with Gasteiger partial charge in [-0.3, -0.25) is 0 Å². The summed E-state index contributed by atoms with van der Waals surface area (Å²) in [4.78, 5) is 0. The van der Waals surface area contributed by atoms with Gasteiger partial charge in [-0.2, -0.15) is 8.78 Å². The van der Waals surface area contributed by atoms with Crippen LogP contribution in [0.15, 0.2) is 48.5 Å². The molecule has 5 rings (SSSR count). The molecule has 3 aromatic rings. The lowest BCUT2D eigenvalue weighted by Gasteiger charge is -2.33. The van der Waals surface area contributed by atoms with Crippen molar-refractivity contribution < 1.29 is 44.9 Å². The molecule has 0 amide bonds. The van der Waals surface area contributed by atoms with E-state index in [1.165, 1.54) is 12.1 Å². The minimum absolute atomic E-state index is 0.0358. The van der Waals surface area contributed by atoms with Gasteiger partial charge in [0.2, 0.25) is 0 Å². The fourth-order valence-corrected chi connectivity index (χ4v) is 6.10. The molecule has 0 aromatic heterocycles. The molecule has 0 radical (unpaired) electrons. The van der Waals surface area contributed by atoms with Crippen LogP contribution in [0.25, 0.3) is 11.1 Å². The predicted octanol–water partition coefficient (Wildman–Crippen LogP) is 10.2. The monoisotopic (exact) mass is 624 g/mol. The van der Waals surface area contributed by atoms with E-state index in [2.05, 4.69) is 11.7 Å². The van der Waals surface area contributed by atoms with Gasteiger partial charge in [0, 0.05) is 29.2 Å². The van der Waals surface area contributed by atoms with Gasteiger partial charge >= 0.3 is 6.11 Å². The minimum atomic E-state index is -3.77. The van der Waals surface area contributed by atoms with Crippen molar-refractivity contribution in [3.8, 4) is 16.9 Å². The van der Waals surface area contributed by atoms with Gasteiger partial charge in [-0.1, -0.05) is 50.5 Å². The summed E-state index contributed by atoms with van der Waals surface area (Å²) < 4.78 is 116. The zero-order valence-corrected chi connectivity index (χ0v) is 24.4. The molecule has 10 heteroatoms. The molecule has 238 valence electrons. The third kappa shape index (κ3) is 7.40. The summed E-state index contributed by atoms with van der Waals surface area (Å²) in [6.07, 6.45) is 0.393. The van der Waals surface area contributed by atoms with Gasteiger partial charge in [0.1, 0.15) is 17.4 Å². The average Bonchev–Trinajstić information content (AvgIpc) is 3.00. The summed E-state index contributed by atoms with van der Waals surface area (Å²) in [6, 6.07) is 9.72. The fraction of sp³-hybridized carbons (Fsp3) is 0.471. The lowest BCUT2D eigenvalue weighted by molar-refractivity contribution is -0.222. The van der Waals surface area contributed by atoms with Gasteiger partial charge in [0.15, 0.2) is 23.7 Å². The second kappa shape index (κ2) is 13.9. The summed E-state index contributed by atoms with van der Waals surface area (Å²) in [6.45, 7) is 3.24. The number of rotatable bonds is 10. The van der Waals surface area contributed by atoms with Crippen LogP contribution in [0, 0.1) is 40.9 Å². The first-order valence-corrected chi connectivity index (χ1v) is 15.1. The highest BCUT2D eigenvalue weighted by Gasteiger charge is 2.44. The van der Waals surface area contributed by atoms with Gasteiger partial charge in [-0.25, -0.2) is 22.0 Å². The van der Waals surface area contributed by atoms with Crippen molar-refractivity contribution in [1.82, 2.24) is 0 Å². The second-order valence-corrected chi connectivity index (χ2v) is 11.7. The predicted molar refractivity (Wildman–Crippen MR) is 151 cm³/mol. The summed E-state index contributed by atoms with van der Waals surface area (Å²) in [7, 11) is 0. The molecule has 2 fully saturated rings. The Morgan fingerprint density at radius 3 is 2.07 bits per heavy atom. The third-order valence-electron chi connectivity index (χ3n) is 8.61. The Hall–Kier alpha value is -3.11. The van der Waals surface area contributed by atoms with Crippen molar-refractivity contribution in [3.63, 3.8) is 0 Å². The number of hydrogen-bond donors (Lipinski definition) is 0. The number of alkyl halides is 2. The number of hydrogen-bond acceptors (Lipinski definition) is 3. The summed E-state index contributed by atoms with van der Waals surface area (Å²) in [5.41, 5.74) is 1.43. The zero-order valence-electron chi connectivity index (χ0n) is 24.4. The van der Waals surface area contributed by atoms with Gasteiger partial charge in [0.25, 0.3) is 0 Å². The van der Waals surface area contributed by atoms with Crippen LogP contribution in [0.5, 0.6) is 5.75 Å². The van der Waals surface area contributed by atoms with E-state index in [4.69, 9.17) is 9.47 Å². The smallest absolute Gasteiger partial charge is 0.400 e. The summed E-state index contributed by atoms with van der Waals surface area (Å²) in [5.74, 6) is -8.28. The molecule has 1 aliphatic carbocycles.